The van der Waals surface area contributed by atoms with Crippen LogP contribution >= 0.6 is 0 Å². The molecular weight excluding hydrogens is 442 g/mol. The van der Waals surface area contributed by atoms with E-state index in [4.69, 9.17) is 9.15 Å². The summed E-state index contributed by atoms with van der Waals surface area (Å²) in [6.45, 7) is 5.68. The number of aryl methyl sites for hydroxylation is 1. The highest BCUT2D eigenvalue weighted by Crippen LogP contribution is 2.30. The van der Waals surface area contributed by atoms with E-state index < -0.39 is 10.0 Å². The normalized spacial score (nSPS) is 16.6. The molecule has 1 amide bonds. The Morgan fingerprint density at radius 2 is 1.82 bits per heavy atom. The molecule has 8 nitrogen and oxygen atoms in total. The van der Waals surface area contributed by atoms with Gasteiger partial charge in [0.15, 0.2) is 11.3 Å². The summed E-state index contributed by atoms with van der Waals surface area (Å²) in [6, 6.07) is 14.1. The average molecular weight is 472 g/mol. The molecule has 4 rings (SSSR count). The molecule has 1 N–H and O–H groups in total. The van der Waals surface area contributed by atoms with E-state index >= 15 is 0 Å². The quantitative estimate of drug-likeness (QED) is 0.570. The monoisotopic (exact) mass is 471 g/mol. The number of sulfonamides is 1. The maximum atomic E-state index is 12.9. The number of fused-ring (bicyclic) bond motifs is 1. The van der Waals surface area contributed by atoms with Crippen molar-refractivity contribution in [2.75, 3.05) is 39.8 Å². The third kappa shape index (κ3) is 5.05. The van der Waals surface area contributed by atoms with Crippen LogP contribution < -0.4 is 10.1 Å². The number of ether oxygens (including phenoxy) is 1. The summed E-state index contributed by atoms with van der Waals surface area (Å²) in [4.78, 5) is 14.9. The van der Waals surface area contributed by atoms with Crippen LogP contribution in [0.3, 0.4) is 0 Å². The Hall–Kier alpha value is -2.88. The molecule has 1 aromatic heterocycles. The Kier molecular flexibility index (Phi) is 6.73. The van der Waals surface area contributed by atoms with E-state index in [0.717, 1.165) is 10.9 Å². The van der Waals surface area contributed by atoms with Crippen LogP contribution in [0.4, 0.5) is 0 Å². The van der Waals surface area contributed by atoms with Crippen molar-refractivity contribution in [2.45, 2.75) is 24.8 Å². The van der Waals surface area contributed by atoms with Gasteiger partial charge in [-0.25, -0.2) is 8.42 Å². The zero-order valence-corrected chi connectivity index (χ0v) is 19.9. The summed E-state index contributed by atoms with van der Waals surface area (Å²) in [6.07, 6.45) is 0. The van der Waals surface area contributed by atoms with Gasteiger partial charge < -0.3 is 14.5 Å². The van der Waals surface area contributed by atoms with Crippen LogP contribution in [0.25, 0.3) is 11.0 Å². The predicted octanol–water partition coefficient (Wildman–Crippen LogP) is 2.93. The summed E-state index contributed by atoms with van der Waals surface area (Å²) >= 11 is 0. The number of carbonyl (C=O) groups is 1. The minimum absolute atomic E-state index is 0.134. The zero-order valence-electron chi connectivity index (χ0n) is 19.1. The number of rotatable bonds is 7. The number of furan rings is 1. The molecule has 1 saturated heterocycles. The Bertz CT molecular complexity index is 1230. The second kappa shape index (κ2) is 9.54. The lowest BCUT2D eigenvalue weighted by Crippen LogP contribution is -2.51. The molecule has 0 bridgehead atoms. The molecule has 0 spiro atoms. The number of nitrogens with zero attached hydrogens (tertiary/aromatic N) is 2. The third-order valence-electron chi connectivity index (χ3n) is 5.91. The van der Waals surface area contributed by atoms with Gasteiger partial charge in [-0.05, 0) is 38.1 Å². The minimum atomic E-state index is -3.52. The van der Waals surface area contributed by atoms with Gasteiger partial charge in [0, 0.05) is 31.6 Å². The molecule has 1 atom stereocenters. The number of para-hydroxylation sites is 1. The molecule has 33 heavy (non-hydrogen) atoms. The first-order valence-corrected chi connectivity index (χ1v) is 12.4. The number of hydrogen-bond acceptors (Lipinski definition) is 6. The van der Waals surface area contributed by atoms with E-state index in [0.29, 0.717) is 48.2 Å². The van der Waals surface area contributed by atoms with Gasteiger partial charge in [0.1, 0.15) is 5.76 Å². The van der Waals surface area contributed by atoms with E-state index in [1.165, 1.54) is 4.31 Å². The zero-order chi connectivity index (χ0) is 23.6. The van der Waals surface area contributed by atoms with Crippen LogP contribution in [-0.4, -0.2) is 63.4 Å². The lowest BCUT2D eigenvalue weighted by atomic mass is 10.2. The predicted molar refractivity (Wildman–Crippen MR) is 126 cm³/mol. The van der Waals surface area contributed by atoms with Crippen molar-refractivity contribution in [1.29, 1.82) is 0 Å². The summed E-state index contributed by atoms with van der Waals surface area (Å²) in [5.74, 6) is 1.16. The smallest absolute Gasteiger partial charge is 0.243 e. The summed E-state index contributed by atoms with van der Waals surface area (Å²) in [7, 11) is -1.93. The second-order valence-electron chi connectivity index (χ2n) is 8.31. The van der Waals surface area contributed by atoms with Crippen molar-refractivity contribution < 1.29 is 22.4 Å². The Morgan fingerprint density at radius 3 is 2.48 bits per heavy atom. The number of piperazine rings is 1. The van der Waals surface area contributed by atoms with Gasteiger partial charge in [0.05, 0.1) is 24.6 Å². The molecule has 1 unspecified atom stereocenters. The molecule has 9 heteroatoms. The summed E-state index contributed by atoms with van der Waals surface area (Å²) < 4.78 is 38.4. The van der Waals surface area contributed by atoms with Gasteiger partial charge in [-0.2, -0.15) is 4.31 Å². The van der Waals surface area contributed by atoms with Gasteiger partial charge in [0.2, 0.25) is 15.9 Å². The van der Waals surface area contributed by atoms with E-state index in [-0.39, 0.29) is 18.5 Å². The Balaban J connectivity index is 1.31. The maximum Gasteiger partial charge on any atom is 0.243 e. The van der Waals surface area contributed by atoms with Gasteiger partial charge in [-0.1, -0.05) is 29.8 Å². The fourth-order valence-electron chi connectivity index (χ4n) is 3.98. The molecule has 0 radical (unpaired) electrons. The number of methoxy groups -OCH3 is 1. The highest BCUT2D eigenvalue weighted by Gasteiger charge is 2.29. The van der Waals surface area contributed by atoms with Crippen LogP contribution in [0, 0.1) is 6.92 Å². The molecule has 3 aromatic rings. The first-order chi connectivity index (χ1) is 15.8. The van der Waals surface area contributed by atoms with Gasteiger partial charge in [-0.3, -0.25) is 9.69 Å². The molecular formula is C24H29N3O5S. The lowest BCUT2D eigenvalue weighted by Gasteiger charge is -2.33. The number of nitrogens with one attached hydrogen (secondary N) is 1. The Morgan fingerprint density at radius 1 is 1.12 bits per heavy atom. The maximum absolute atomic E-state index is 12.9. The van der Waals surface area contributed by atoms with Crippen molar-refractivity contribution in [3.63, 3.8) is 0 Å². The summed E-state index contributed by atoms with van der Waals surface area (Å²) in [5.41, 5.74) is 1.67. The number of carbonyl (C=O) groups excluding carboxylic acids is 1. The molecule has 1 aliphatic heterocycles. The van der Waals surface area contributed by atoms with Gasteiger partial charge in [-0.15, -0.1) is 0 Å². The fraction of sp³-hybridized carbons (Fsp3) is 0.375. The molecule has 2 aromatic carbocycles. The van der Waals surface area contributed by atoms with Crippen LogP contribution in [0.2, 0.25) is 0 Å². The highest BCUT2D eigenvalue weighted by molar-refractivity contribution is 7.89. The standard InChI is InChI=1S/C24H29N3O5S/c1-17-7-9-20(10-8-17)33(29,30)27-13-11-26(12-14-27)16-23(28)25-18(2)22-15-19-5-4-6-21(31-3)24(19)32-22/h4-10,15,18H,11-14,16H2,1-3H3,(H,25,28). The van der Waals surface area contributed by atoms with Crippen molar-refractivity contribution in [2.24, 2.45) is 0 Å². The Labute approximate surface area is 194 Å². The van der Waals surface area contributed by atoms with Crippen molar-refractivity contribution >= 4 is 26.9 Å². The highest BCUT2D eigenvalue weighted by atomic mass is 32.2. The first kappa shape index (κ1) is 23.3. The van der Waals surface area contributed by atoms with E-state index in [1.54, 1.807) is 31.4 Å². The third-order valence-corrected chi connectivity index (χ3v) is 7.82. The summed E-state index contributed by atoms with van der Waals surface area (Å²) in [5, 5.41) is 3.88. The molecule has 1 aliphatic rings. The van der Waals surface area contributed by atoms with E-state index in [1.807, 2.05) is 43.0 Å². The van der Waals surface area contributed by atoms with Gasteiger partial charge >= 0.3 is 0 Å². The minimum Gasteiger partial charge on any atom is -0.493 e. The molecule has 0 aliphatic carbocycles. The second-order valence-corrected chi connectivity index (χ2v) is 10.2. The molecule has 176 valence electrons. The topological polar surface area (TPSA) is 92.1 Å². The average Bonchev–Trinajstić information content (AvgIpc) is 3.24. The van der Waals surface area contributed by atoms with Crippen LogP contribution in [0.15, 0.2) is 57.8 Å². The van der Waals surface area contributed by atoms with Gasteiger partial charge in [0.25, 0.3) is 0 Å². The van der Waals surface area contributed by atoms with Crippen LogP contribution in [0.5, 0.6) is 5.75 Å². The van der Waals surface area contributed by atoms with E-state index in [2.05, 4.69) is 5.32 Å². The van der Waals surface area contributed by atoms with Crippen LogP contribution in [0.1, 0.15) is 24.3 Å². The van der Waals surface area contributed by atoms with Crippen LogP contribution in [-0.2, 0) is 14.8 Å². The van der Waals surface area contributed by atoms with Crippen molar-refractivity contribution in [1.82, 2.24) is 14.5 Å². The number of hydrogen-bond donors (Lipinski definition) is 1. The number of benzene rings is 2. The molecule has 2 heterocycles. The largest absolute Gasteiger partial charge is 0.493 e. The fourth-order valence-corrected chi connectivity index (χ4v) is 5.40. The first-order valence-electron chi connectivity index (χ1n) is 10.9. The van der Waals surface area contributed by atoms with Crippen molar-refractivity contribution in [3.05, 3.63) is 59.9 Å². The molecule has 1 fully saturated rings. The van der Waals surface area contributed by atoms with E-state index in [9.17, 15) is 13.2 Å². The van der Waals surface area contributed by atoms with Crippen molar-refractivity contribution in [3.8, 4) is 5.75 Å². The number of amides is 1. The molecule has 0 saturated carbocycles. The SMILES string of the molecule is COc1cccc2cc(C(C)NC(=O)CN3CCN(S(=O)(=O)c4ccc(C)cc4)CC3)oc12. The lowest BCUT2D eigenvalue weighted by molar-refractivity contribution is -0.123.